The fourth-order valence-electron chi connectivity index (χ4n) is 2.02. The first-order valence-electron chi connectivity index (χ1n) is 5.59. The van der Waals surface area contributed by atoms with Gasteiger partial charge in [0.05, 0.1) is 12.5 Å². The lowest BCUT2D eigenvalue weighted by Gasteiger charge is -2.20. The highest BCUT2D eigenvalue weighted by atomic mass is 16.4. The number of carboxylic acid groups (broad SMARTS) is 1. The van der Waals surface area contributed by atoms with Gasteiger partial charge in [0, 0.05) is 17.7 Å². The molecular formula is C13H13NO5. The van der Waals surface area contributed by atoms with Crippen molar-refractivity contribution in [2.24, 2.45) is 0 Å². The summed E-state index contributed by atoms with van der Waals surface area (Å²) in [6.07, 6.45) is -0.382. The quantitative estimate of drug-likeness (QED) is 0.672. The lowest BCUT2D eigenvalue weighted by atomic mass is 10.0. The number of hydrogen-bond donors (Lipinski definition) is 4. The highest BCUT2D eigenvalue weighted by Crippen LogP contribution is 2.36. The fraction of sp³-hybridized carbons (Fsp3) is 0.154. The molecule has 0 saturated carbocycles. The number of nitrogens with zero attached hydrogens (tertiary/aromatic N) is 1. The highest BCUT2D eigenvalue weighted by Gasteiger charge is 2.24. The van der Waals surface area contributed by atoms with Gasteiger partial charge in [0.1, 0.15) is 5.75 Å². The number of carboxylic acids is 1. The van der Waals surface area contributed by atoms with Gasteiger partial charge in [0.25, 0.3) is 0 Å². The molecule has 4 N–H and O–H groups in total. The van der Waals surface area contributed by atoms with Crippen LogP contribution in [0.4, 0.5) is 0 Å². The van der Waals surface area contributed by atoms with Crippen LogP contribution in [0.2, 0.25) is 0 Å². The van der Waals surface area contributed by atoms with Crippen molar-refractivity contribution in [2.45, 2.75) is 12.5 Å². The average Bonchev–Trinajstić information content (AvgIpc) is 2.67. The van der Waals surface area contributed by atoms with E-state index in [9.17, 15) is 20.1 Å². The number of aromatic nitrogens is 1. The second kappa shape index (κ2) is 4.93. The molecule has 0 aliphatic carbocycles. The van der Waals surface area contributed by atoms with Crippen LogP contribution in [0.15, 0.2) is 36.4 Å². The third kappa shape index (κ3) is 2.47. The lowest BCUT2D eigenvalue weighted by Crippen LogP contribution is -2.14. The number of rotatable bonds is 4. The molecule has 0 bridgehead atoms. The lowest BCUT2D eigenvalue weighted by molar-refractivity contribution is -0.137. The number of carbonyl (C=O) groups is 1. The van der Waals surface area contributed by atoms with E-state index in [2.05, 4.69) is 0 Å². The normalized spacial score (nSPS) is 12.2. The van der Waals surface area contributed by atoms with E-state index in [1.807, 2.05) is 0 Å². The van der Waals surface area contributed by atoms with Crippen molar-refractivity contribution in [3.05, 3.63) is 42.0 Å². The second-order valence-corrected chi connectivity index (χ2v) is 4.09. The molecule has 6 nitrogen and oxygen atoms in total. The Morgan fingerprint density at radius 1 is 1.05 bits per heavy atom. The molecule has 0 amide bonds. The zero-order valence-corrected chi connectivity index (χ0v) is 9.89. The number of phenolic OH excluding ortho intramolecular Hbond substituents is 1. The van der Waals surface area contributed by atoms with Gasteiger partial charge in [0.15, 0.2) is 11.8 Å². The summed E-state index contributed by atoms with van der Waals surface area (Å²) in [7, 11) is 0. The van der Waals surface area contributed by atoms with Crippen molar-refractivity contribution in [3.8, 4) is 17.5 Å². The first kappa shape index (κ1) is 12.8. The van der Waals surface area contributed by atoms with Crippen LogP contribution >= 0.6 is 0 Å². The second-order valence-electron chi connectivity index (χ2n) is 4.09. The molecule has 0 aliphatic heterocycles. The van der Waals surface area contributed by atoms with Crippen LogP contribution in [-0.2, 0) is 4.79 Å². The topological polar surface area (TPSA) is 103 Å². The van der Waals surface area contributed by atoms with E-state index in [0.29, 0.717) is 5.56 Å². The van der Waals surface area contributed by atoms with Gasteiger partial charge in [-0.15, -0.1) is 0 Å². The van der Waals surface area contributed by atoms with E-state index in [0.717, 1.165) is 4.57 Å². The van der Waals surface area contributed by atoms with Crippen molar-refractivity contribution >= 4 is 5.97 Å². The Labute approximate surface area is 108 Å². The summed E-state index contributed by atoms with van der Waals surface area (Å²) >= 11 is 0. The Bertz CT molecular complexity index is 585. The molecule has 6 heteroatoms. The van der Waals surface area contributed by atoms with Gasteiger partial charge < -0.3 is 20.4 Å². The predicted molar refractivity (Wildman–Crippen MR) is 66.3 cm³/mol. The van der Waals surface area contributed by atoms with Crippen LogP contribution < -0.4 is 0 Å². The van der Waals surface area contributed by atoms with E-state index in [4.69, 9.17) is 5.11 Å². The molecule has 2 rings (SSSR count). The number of benzene rings is 1. The Morgan fingerprint density at radius 3 is 2.16 bits per heavy atom. The summed E-state index contributed by atoms with van der Waals surface area (Å²) in [4.78, 5) is 11.0. The number of phenols is 1. The van der Waals surface area contributed by atoms with E-state index in [-0.39, 0.29) is 23.9 Å². The average molecular weight is 263 g/mol. The van der Waals surface area contributed by atoms with Crippen molar-refractivity contribution in [3.63, 3.8) is 0 Å². The summed E-state index contributed by atoms with van der Waals surface area (Å²) in [5.41, 5.74) is 0.312. The summed E-state index contributed by atoms with van der Waals surface area (Å²) in [5.74, 6) is -1.75. The van der Waals surface area contributed by atoms with Crippen LogP contribution in [0.1, 0.15) is 18.0 Å². The van der Waals surface area contributed by atoms with Gasteiger partial charge in [-0.25, -0.2) is 0 Å². The van der Waals surface area contributed by atoms with Crippen LogP contribution in [0, 0.1) is 0 Å². The molecule has 0 spiro atoms. The number of aromatic hydroxyl groups is 3. The van der Waals surface area contributed by atoms with Crippen molar-refractivity contribution in [1.29, 1.82) is 0 Å². The van der Waals surface area contributed by atoms with Crippen molar-refractivity contribution < 1.29 is 25.2 Å². The van der Waals surface area contributed by atoms with Gasteiger partial charge in [-0.05, 0) is 6.07 Å². The summed E-state index contributed by atoms with van der Waals surface area (Å²) in [5, 5.41) is 38.2. The maximum atomic E-state index is 11.0. The molecule has 1 aromatic carbocycles. The molecule has 1 heterocycles. The summed E-state index contributed by atoms with van der Waals surface area (Å²) < 4.78 is 1.06. The molecule has 0 radical (unpaired) electrons. The monoisotopic (exact) mass is 263 g/mol. The number of hydrogen-bond acceptors (Lipinski definition) is 4. The van der Waals surface area contributed by atoms with E-state index in [1.54, 1.807) is 18.2 Å². The maximum Gasteiger partial charge on any atom is 0.305 e. The molecule has 0 aliphatic rings. The Balaban J connectivity index is 2.54. The largest absolute Gasteiger partial charge is 0.508 e. The molecule has 1 atom stereocenters. The molecule has 1 unspecified atom stereocenters. The van der Waals surface area contributed by atoms with Crippen LogP contribution in [0.3, 0.4) is 0 Å². The fourth-order valence-corrected chi connectivity index (χ4v) is 2.02. The van der Waals surface area contributed by atoms with Gasteiger partial charge in [-0.1, -0.05) is 18.2 Å². The minimum atomic E-state index is -1.11. The van der Waals surface area contributed by atoms with Gasteiger partial charge in [-0.3, -0.25) is 9.36 Å². The molecular weight excluding hydrogens is 250 g/mol. The first-order chi connectivity index (χ1) is 9.00. The van der Waals surface area contributed by atoms with Crippen LogP contribution in [0.5, 0.6) is 17.5 Å². The molecule has 0 saturated heterocycles. The predicted octanol–water partition coefficient (Wildman–Crippen LogP) is 1.67. The van der Waals surface area contributed by atoms with E-state index in [1.165, 1.54) is 18.2 Å². The standard InChI is InChI=1S/C13H13NO5/c15-10-4-2-1-3-8(10)9(7-13(18)19)14-11(16)5-6-12(14)17/h1-6,9,15-17H,7H2,(H,18,19). The van der Waals surface area contributed by atoms with Gasteiger partial charge >= 0.3 is 5.97 Å². The number of para-hydroxylation sites is 1. The Hall–Kier alpha value is -2.63. The van der Waals surface area contributed by atoms with Gasteiger partial charge in [0.2, 0.25) is 0 Å². The third-order valence-electron chi connectivity index (χ3n) is 2.85. The molecule has 1 aromatic heterocycles. The summed E-state index contributed by atoms with van der Waals surface area (Å²) in [6, 6.07) is 7.82. The number of aliphatic carboxylic acids is 1. The van der Waals surface area contributed by atoms with Gasteiger partial charge in [-0.2, -0.15) is 0 Å². The van der Waals surface area contributed by atoms with Crippen LogP contribution in [-0.4, -0.2) is 31.0 Å². The van der Waals surface area contributed by atoms with E-state index < -0.39 is 12.0 Å². The molecule has 2 aromatic rings. The van der Waals surface area contributed by atoms with Crippen molar-refractivity contribution in [1.82, 2.24) is 4.57 Å². The van der Waals surface area contributed by atoms with Crippen LogP contribution in [0.25, 0.3) is 0 Å². The van der Waals surface area contributed by atoms with Crippen molar-refractivity contribution in [2.75, 3.05) is 0 Å². The minimum Gasteiger partial charge on any atom is -0.508 e. The van der Waals surface area contributed by atoms with E-state index >= 15 is 0 Å². The zero-order valence-electron chi connectivity index (χ0n) is 9.89. The molecule has 100 valence electrons. The Morgan fingerprint density at radius 2 is 1.63 bits per heavy atom. The first-order valence-corrected chi connectivity index (χ1v) is 5.59. The SMILES string of the molecule is O=C(O)CC(c1ccccc1O)n1c(O)ccc1O. The smallest absolute Gasteiger partial charge is 0.305 e. The Kier molecular flexibility index (Phi) is 3.33. The minimum absolute atomic E-state index is 0.0961. The maximum absolute atomic E-state index is 11.0. The summed E-state index contributed by atoms with van der Waals surface area (Å²) in [6.45, 7) is 0. The molecule has 19 heavy (non-hydrogen) atoms. The zero-order chi connectivity index (χ0) is 14.0. The highest BCUT2D eigenvalue weighted by molar-refractivity contribution is 5.68. The third-order valence-corrected chi connectivity index (χ3v) is 2.85. The molecule has 0 fully saturated rings.